The molecule has 5 aliphatic heterocycles. The van der Waals surface area contributed by atoms with Crippen molar-refractivity contribution in [2.75, 3.05) is 60.9 Å². The lowest BCUT2D eigenvalue weighted by Gasteiger charge is -2.38. The number of likely N-dealkylation sites (tertiary alicyclic amines) is 1. The fraction of sp³-hybridized carbons (Fsp3) is 0.465. The molecule has 2 aromatic carbocycles. The zero-order chi connectivity index (χ0) is 40.2. The maximum absolute atomic E-state index is 14.7. The third kappa shape index (κ3) is 7.27. The predicted molar refractivity (Wildman–Crippen MR) is 220 cm³/mol. The number of anilines is 3. The third-order valence-electron chi connectivity index (χ3n) is 13.1. The fourth-order valence-corrected chi connectivity index (χ4v) is 9.85. The summed E-state index contributed by atoms with van der Waals surface area (Å²) < 4.78 is 16.8. The molecule has 3 N–H and O–H groups in total. The van der Waals surface area contributed by atoms with E-state index in [1.54, 1.807) is 17.2 Å². The minimum atomic E-state index is -0.929. The number of amides is 4. The predicted octanol–water partition coefficient (Wildman–Crippen LogP) is 4.81. The summed E-state index contributed by atoms with van der Waals surface area (Å²) in [5.41, 5.74) is 6.32. The molecular weight excluding hydrogens is 754 g/mol. The Morgan fingerprint density at radius 1 is 0.915 bits per heavy atom. The molecule has 59 heavy (non-hydrogen) atoms. The van der Waals surface area contributed by atoms with Gasteiger partial charge in [0, 0.05) is 87.8 Å². The van der Waals surface area contributed by atoms with Gasteiger partial charge >= 0.3 is 0 Å². The molecule has 4 saturated heterocycles. The van der Waals surface area contributed by atoms with E-state index in [1.165, 1.54) is 6.33 Å². The zero-order valence-electron chi connectivity index (χ0n) is 32.9. The van der Waals surface area contributed by atoms with Crippen LogP contribution in [0.2, 0.25) is 0 Å². The lowest BCUT2D eigenvalue weighted by atomic mass is 9.94. The van der Waals surface area contributed by atoms with E-state index in [0.29, 0.717) is 59.8 Å². The number of halogens is 1. The van der Waals surface area contributed by atoms with Crippen molar-refractivity contribution in [3.63, 3.8) is 0 Å². The maximum Gasteiger partial charge on any atom is 0.258 e. The number of H-pyrrole nitrogens is 1. The Hall–Kier alpha value is -5.90. The second kappa shape index (κ2) is 15.4. The van der Waals surface area contributed by atoms with E-state index in [9.17, 15) is 23.6 Å². The topological polar surface area (TPSA) is 165 Å². The van der Waals surface area contributed by atoms with Crippen LogP contribution in [0, 0.1) is 5.92 Å². The summed E-state index contributed by atoms with van der Waals surface area (Å²) in [6.07, 6.45) is 10.3. The van der Waals surface area contributed by atoms with Gasteiger partial charge in [0.2, 0.25) is 11.8 Å². The molecule has 5 aromatic rings. The van der Waals surface area contributed by atoms with Crippen LogP contribution in [-0.4, -0.2) is 116 Å². The highest BCUT2D eigenvalue weighted by molar-refractivity contribution is 6.13. The largest absolute Gasteiger partial charge is 0.371 e. The van der Waals surface area contributed by atoms with Gasteiger partial charge in [-0.05, 0) is 86.8 Å². The van der Waals surface area contributed by atoms with Gasteiger partial charge in [-0.3, -0.25) is 29.2 Å². The van der Waals surface area contributed by atoms with Crippen LogP contribution in [0.3, 0.4) is 0 Å². The van der Waals surface area contributed by atoms with Crippen molar-refractivity contribution >= 4 is 62.8 Å². The van der Waals surface area contributed by atoms with E-state index < -0.39 is 12.2 Å². The van der Waals surface area contributed by atoms with Crippen molar-refractivity contribution in [2.45, 2.75) is 76.2 Å². The summed E-state index contributed by atoms with van der Waals surface area (Å²) in [7, 11) is 0. The highest BCUT2D eigenvalue weighted by atomic mass is 19.1. The molecule has 0 bridgehead atoms. The molecule has 3 aromatic heterocycles. The average molecular weight is 802 g/mol. The number of rotatable bonds is 8. The number of hydrogen-bond donors (Lipinski definition) is 3. The van der Waals surface area contributed by atoms with Gasteiger partial charge in [-0.2, -0.15) is 5.10 Å². The Morgan fingerprint density at radius 2 is 1.76 bits per heavy atom. The fourth-order valence-electron chi connectivity index (χ4n) is 9.85. The second-order valence-electron chi connectivity index (χ2n) is 16.8. The molecule has 10 rings (SSSR count). The molecular formula is C43H48FN11O4. The van der Waals surface area contributed by atoms with Crippen LogP contribution in [0.15, 0.2) is 55.1 Å². The number of pyridine rings is 1. The van der Waals surface area contributed by atoms with E-state index in [0.717, 1.165) is 92.7 Å². The number of alkyl halides is 1. The number of aromatic nitrogens is 5. The molecule has 2 atom stereocenters. The first-order valence-corrected chi connectivity index (χ1v) is 21.0. The van der Waals surface area contributed by atoms with Crippen molar-refractivity contribution < 1.29 is 23.6 Å². The Balaban J connectivity index is 0.761. The van der Waals surface area contributed by atoms with Crippen LogP contribution < -0.4 is 20.4 Å². The van der Waals surface area contributed by atoms with Crippen LogP contribution in [0.4, 0.5) is 21.5 Å². The Labute approximate surface area is 340 Å². The number of carbonyl (C=O) groups is 4. The average Bonchev–Trinajstić information content (AvgIpc) is 3.98. The number of imide groups is 1. The smallest absolute Gasteiger partial charge is 0.258 e. The molecule has 4 fully saturated rings. The highest BCUT2D eigenvalue weighted by Crippen LogP contribution is 2.36. The summed E-state index contributed by atoms with van der Waals surface area (Å²) >= 11 is 0. The minimum Gasteiger partial charge on any atom is -0.371 e. The summed E-state index contributed by atoms with van der Waals surface area (Å²) in [6, 6.07) is 11.4. The van der Waals surface area contributed by atoms with E-state index in [-0.39, 0.29) is 42.6 Å². The van der Waals surface area contributed by atoms with Crippen molar-refractivity contribution in [1.82, 2.24) is 39.8 Å². The van der Waals surface area contributed by atoms with Crippen LogP contribution in [-0.2, 0) is 16.1 Å². The number of nitrogens with one attached hydrogen (secondary N) is 3. The summed E-state index contributed by atoms with van der Waals surface area (Å²) in [5.74, 6) is -0.501. The Morgan fingerprint density at radius 3 is 2.58 bits per heavy atom. The number of piperidine rings is 4. The monoisotopic (exact) mass is 801 g/mol. The molecule has 5 aliphatic rings. The molecule has 2 unspecified atom stereocenters. The Bertz CT molecular complexity index is 2450. The molecule has 0 aliphatic carbocycles. The molecule has 8 heterocycles. The standard InChI is InChI=1S/C43H48FN11O4/c44-29-2-1-13-53(24-29)37-20-34-28(18-35(37)48-41(57)32-7-12-45-40-39(32)46-25-47-40)23-55(50-34)30-10-14-51(15-11-30)21-26-8-16-52(17-9-26)31-4-3-27-22-54(43(59)33(27)19-31)36-5-6-38(56)49-42(36)58/h3-4,7,12,18-20,23,25-26,29-30,36H,1-2,5-6,8-11,13-17,21-22,24H2,(H,48,57)(H,45,46,47)(H,49,56,58). The second-order valence-corrected chi connectivity index (χ2v) is 16.8. The van der Waals surface area contributed by atoms with Crippen molar-refractivity contribution in [3.8, 4) is 0 Å². The SMILES string of the molecule is O=C1CCC(N2Cc3ccc(N4CCC(CN5CCC(n6cc7cc(NC(=O)c8ccnc9nc[nH]c89)c(N8CCCC(F)C8)cc7n6)CC5)CC4)cc3C2=O)C(=O)N1. The summed E-state index contributed by atoms with van der Waals surface area (Å²) in [4.78, 5) is 71.2. The van der Waals surface area contributed by atoms with E-state index in [2.05, 4.69) is 52.3 Å². The molecule has 0 saturated carbocycles. The van der Waals surface area contributed by atoms with Crippen molar-refractivity contribution in [2.24, 2.45) is 5.92 Å². The zero-order valence-corrected chi connectivity index (χ0v) is 32.9. The van der Waals surface area contributed by atoms with Gasteiger partial charge in [-0.15, -0.1) is 0 Å². The first kappa shape index (κ1) is 37.4. The first-order valence-electron chi connectivity index (χ1n) is 21.0. The molecule has 0 spiro atoms. The van der Waals surface area contributed by atoms with Gasteiger partial charge in [0.25, 0.3) is 11.8 Å². The lowest BCUT2D eigenvalue weighted by Crippen LogP contribution is -2.52. The minimum absolute atomic E-state index is 0.136. The number of carbonyl (C=O) groups excluding carboxylic acids is 4. The lowest BCUT2D eigenvalue weighted by molar-refractivity contribution is -0.136. The number of fused-ring (bicyclic) bond motifs is 3. The molecule has 0 radical (unpaired) electrons. The van der Waals surface area contributed by atoms with Gasteiger partial charge in [0.1, 0.15) is 12.2 Å². The van der Waals surface area contributed by atoms with Gasteiger partial charge in [-0.1, -0.05) is 6.07 Å². The van der Waals surface area contributed by atoms with Crippen molar-refractivity contribution in [3.05, 3.63) is 71.8 Å². The number of imidazole rings is 1. The van der Waals surface area contributed by atoms with Gasteiger partial charge in [0.15, 0.2) is 5.65 Å². The van der Waals surface area contributed by atoms with E-state index >= 15 is 0 Å². The number of aromatic amines is 1. The molecule has 4 amide bonds. The van der Waals surface area contributed by atoms with Crippen LogP contribution in [0.1, 0.15) is 83.7 Å². The Kier molecular flexibility index (Phi) is 9.73. The summed E-state index contributed by atoms with van der Waals surface area (Å²) in [5, 5.41) is 11.5. The van der Waals surface area contributed by atoms with Gasteiger partial charge in [-0.25, -0.2) is 14.4 Å². The maximum atomic E-state index is 14.7. The number of hydrogen-bond acceptors (Lipinski definition) is 10. The third-order valence-corrected chi connectivity index (χ3v) is 13.1. The quantitative estimate of drug-likeness (QED) is 0.186. The molecule has 15 nitrogen and oxygen atoms in total. The number of nitrogens with zero attached hydrogens (tertiary/aromatic N) is 8. The molecule has 306 valence electrons. The van der Waals surface area contributed by atoms with Crippen LogP contribution in [0.5, 0.6) is 0 Å². The van der Waals surface area contributed by atoms with E-state index in [4.69, 9.17) is 5.10 Å². The van der Waals surface area contributed by atoms with Crippen LogP contribution in [0.25, 0.3) is 22.1 Å². The van der Waals surface area contributed by atoms with Gasteiger partial charge < -0.3 is 29.9 Å². The van der Waals surface area contributed by atoms with Gasteiger partial charge in [0.05, 0.1) is 40.3 Å². The highest BCUT2D eigenvalue weighted by Gasteiger charge is 2.39. The number of benzene rings is 2. The van der Waals surface area contributed by atoms with Crippen LogP contribution >= 0.6 is 0 Å². The first-order chi connectivity index (χ1) is 28.7. The molecule has 16 heteroatoms. The van der Waals surface area contributed by atoms with Crippen molar-refractivity contribution in [1.29, 1.82) is 0 Å². The summed E-state index contributed by atoms with van der Waals surface area (Å²) in [6.45, 7) is 6.26. The normalized spacial score (nSPS) is 22.4. The van der Waals surface area contributed by atoms with E-state index in [1.807, 2.05) is 29.2 Å².